The summed E-state index contributed by atoms with van der Waals surface area (Å²) in [5, 5.41) is 0. The van der Waals surface area contributed by atoms with E-state index >= 15 is 0 Å². The number of piperidine rings is 1. The smallest absolute Gasteiger partial charge is 0.248 e. The third kappa shape index (κ3) is 4.43. The molecule has 2 aromatic rings. The first-order valence-electron chi connectivity index (χ1n) is 9.13. The lowest BCUT2D eigenvalue weighted by atomic mass is 9.98. The Balaban J connectivity index is 1.64. The Morgan fingerprint density at radius 1 is 1.38 bits per heavy atom. The maximum Gasteiger partial charge on any atom is 0.248 e. The molecule has 0 radical (unpaired) electrons. The number of aromatic nitrogens is 1. The number of carbonyl (C=O) groups excluding carboxylic acids is 1. The van der Waals surface area contributed by atoms with Crippen LogP contribution in [0.25, 0.3) is 0 Å². The fraction of sp³-hybridized carbons (Fsp3) is 0.500. The first kappa shape index (κ1) is 18.5. The molecule has 1 aromatic heterocycles. The quantitative estimate of drug-likeness (QED) is 0.761. The second-order valence-electron chi connectivity index (χ2n) is 6.47. The molecule has 6 nitrogen and oxygen atoms in total. The number of ether oxygens (including phenoxy) is 2. The van der Waals surface area contributed by atoms with E-state index in [-0.39, 0.29) is 18.4 Å². The highest BCUT2D eigenvalue weighted by Crippen LogP contribution is 2.28. The molecule has 1 fully saturated rings. The van der Waals surface area contributed by atoms with Crippen molar-refractivity contribution in [1.82, 2.24) is 9.88 Å². The summed E-state index contributed by atoms with van der Waals surface area (Å²) >= 11 is 0. The minimum Gasteiger partial charge on any atom is -0.496 e. The number of benzene rings is 1. The fourth-order valence-electron chi connectivity index (χ4n) is 3.32. The van der Waals surface area contributed by atoms with E-state index in [9.17, 15) is 4.79 Å². The van der Waals surface area contributed by atoms with E-state index in [1.165, 1.54) is 0 Å². The van der Waals surface area contributed by atoms with Crippen molar-refractivity contribution < 1.29 is 18.7 Å². The van der Waals surface area contributed by atoms with Crippen LogP contribution in [0.4, 0.5) is 0 Å². The van der Waals surface area contributed by atoms with Gasteiger partial charge < -0.3 is 18.8 Å². The molecule has 0 bridgehead atoms. The lowest BCUT2D eigenvalue weighted by Gasteiger charge is -2.31. The topological polar surface area (TPSA) is 64.8 Å². The first-order valence-corrected chi connectivity index (χ1v) is 9.13. The molecule has 0 N–H and O–H groups in total. The summed E-state index contributed by atoms with van der Waals surface area (Å²) in [5.74, 6) is 2.54. The minimum atomic E-state index is 0.0392. The molecule has 1 aromatic carbocycles. The van der Waals surface area contributed by atoms with Gasteiger partial charge in [0.2, 0.25) is 5.91 Å². The number of rotatable bonds is 7. The van der Waals surface area contributed by atoms with E-state index < -0.39 is 0 Å². The molecule has 140 valence electrons. The molecule has 0 saturated carbocycles. The van der Waals surface area contributed by atoms with Crippen molar-refractivity contribution >= 4 is 5.91 Å². The van der Waals surface area contributed by atoms with Crippen LogP contribution in [0.2, 0.25) is 0 Å². The standard InChI is InChI=1S/C20H26N2O4/c1-3-25-14-19(23)22-10-6-8-16(13-22)20-21-12-17(26-20)11-15-7-4-5-9-18(15)24-2/h4-5,7,9,12,16H,3,6,8,10-11,13-14H2,1-2H3. The third-order valence-electron chi connectivity index (χ3n) is 4.68. The Morgan fingerprint density at radius 2 is 2.23 bits per heavy atom. The van der Waals surface area contributed by atoms with Gasteiger partial charge in [0, 0.05) is 31.7 Å². The van der Waals surface area contributed by atoms with Gasteiger partial charge in [-0.15, -0.1) is 0 Å². The predicted octanol–water partition coefficient (Wildman–Crippen LogP) is 3.02. The normalized spacial score (nSPS) is 17.3. The van der Waals surface area contributed by atoms with Crippen LogP contribution in [0.1, 0.15) is 42.9 Å². The molecular formula is C20H26N2O4. The van der Waals surface area contributed by atoms with Crippen LogP contribution in [0.3, 0.4) is 0 Å². The molecule has 3 rings (SSSR count). The number of nitrogens with zero attached hydrogens (tertiary/aromatic N) is 2. The summed E-state index contributed by atoms with van der Waals surface area (Å²) in [7, 11) is 1.67. The molecule has 1 aliphatic heterocycles. The number of likely N-dealkylation sites (tertiary alicyclic amines) is 1. The van der Waals surface area contributed by atoms with Crippen molar-refractivity contribution in [2.75, 3.05) is 33.4 Å². The van der Waals surface area contributed by atoms with E-state index in [2.05, 4.69) is 4.98 Å². The van der Waals surface area contributed by atoms with Gasteiger partial charge in [-0.05, 0) is 25.8 Å². The van der Waals surface area contributed by atoms with E-state index in [1.807, 2.05) is 36.1 Å². The summed E-state index contributed by atoms with van der Waals surface area (Å²) in [6, 6.07) is 7.90. The van der Waals surface area contributed by atoms with Crippen LogP contribution in [-0.2, 0) is 16.0 Å². The van der Waals surface area contributed by atoms with Gasteiger partial charge >= 0.3 is 0 Å². The number of amides is 1. The fourth-order valence-corrected chi connectivity index (χ4v) is 3.32. The Kier molecular flexibility index (Phi) is 6.28. The van der Waals surface area contributed by atoms with Gasteiger partial charge in [-0.25, -0.2) is 4.98 Å². The van der Waals surface area contributed by atoms with Gasteiger partial charge in [0.15, 0.2) is 5.89 Å². The second-order valence-corrected chi connectivity index (χ2v) is 6.47. The summed E-state index contributed by atoms with van der Waals surface area (Å²) < 4.78 is 16.6. The van der Waals surface area contributed by atoms with Crippen molar-refractivity contribution in [3.63, 3.8) is 0 Å². The second kappa shape index (κ2) is 8.85. The molecule has 1 aliphatic rings. The Labute approximate surface area is 154 Å². The zero-order valence-electron chi connectivity index (χ0n) is 15.4. The highest BCUT2D eigenvalue weighted by atomic mass is 16.5. The highest BCUT2D eigenvalue weighted by Gasteiger charge is 2.27. The van der Waals surface area contributed by atoms with Crippen LogP contribution in [0, 0.1) is 0 Å². The molecule has 0 spiro atoms. The van der Waals surface area contributed by atoms with Gasteiger partial charge in [-0.1, -0.05) is 18.2 Å². The number of carbonyl (C=O) groups is 1. The average molecular weight is 358 g/mol. The largest absolute Gasteiger partial charge is 0.496 e. The van der Waals surface area contributed by atoms with Crippen LogP contribution in [-0.4, -0.2) is 49.2 Å². The predicted molar refractivity (Wildman–Crippen MR) is 97.4 cm³/mol. The van der Waals surface area contributed by atoms with E-state index in [0.29, 0.717) is 25.5 Å². The van der Waals surface area contributed by atoms with Crippen molar-refractivity contribution in [1.29, 1.82) is 0 Å². The molecule has 0 aliphatic carbocycles. The van der Waals surface area contributed by atoms with Crippen molar-refractivity contribution in [3.8, 4) is 5.75 Å². The van der Waals surface area contributed by atoms with Crippen LogP contribution in [0.15, 0.2) is 34.9 Å². The van der Waals surface area contributed by atoms with Crippen molar-refractivity contribution in [3.05, 3.63) is 47.7 Å². The highest BCUT2D eigenvalue weighted by molar-refractivity contribution is 5.77. The van der Waals surface area contributed by atoms with Gasteiger partial charge in [0.05, 0.1) is 19.2 Å². The van der Waals surface area contributed by atoms with Gasteiger partial charge in [0.1, 0.15) is 18.1 Å². The monoisotopic (exact) mass is 358 g/mol. The SMILES string of the molecule is CCOCC(=O)N1CCCC(c2ncc(Cc3ccccc3OC)o2)C1. The molecule has 2 heterocycles. The molecule has 1 amide bonds. The molecule has 1 unspecified atom stereocenters. The summed E-state index contributed by atoms with van der Waals surface area (Å²) in [6.45, 7) is 4.00. The van der Waals surface area contributed by atoms with E-state index in [4.69, 9.17) is 13.9 Å². The Bertz CT molecular complexity index is 728. The third-order valence-corrected chi connectivity index (χ3v) is 4.68. The first-order chi connectivity index (χ1) is 12.7. The average Bonchev–Trinajstić information content (AvgIpc) is 3.15. The number of para-hydroxylation sites is 1. The molecule has 1 atom stereocenters. The van der Waals surface area contributed by atoms with Crippen LogP contribution < -0.4 is 4.74 Å². The van der Waals surface area contributed by atoms with Crippen molar-refractivity contribution in [2.45, 2.75) is 32.1 Å². The van der Waals surface area contributed by atoms with Crippen molar-refractivity contribution in [2.24, 2.45) is 0 Å². The summed E-state index contributed by atoms with van der Waals surface area (Å²) in [5.41, 5.74) is 1.06. The van der Waals surface area contributed by atoms with Gasteiger partial charge in [-0.3, -0.25) is 4.79 Å². The van der Waals surface area contributed by atoms with Crippen LogP contribution >= 0.6 is 0 Å². The van der Waals surface area contributed by atoms with Gasteiger partial charge in [0.25, 0.3) is 0 Å². The number of oxazole rings is 1. The Morgan fingerprint density at radius 3 is 3.04 bits per heavy atom. The molecule has 1 saturated heterocycles. The molecule has 6 heteroatoms. The van der Waals surface area contributed by atoms with E-state index in [1.54, 1.807) is 13.3 Å². The summed E-state index contributed by atoms with van der Waals surface area (Å²) in [4.78, 5) is 18.5. The summed E-state index contributed by atoms with van der Waals surface area (Å²) in [6.07, 6.45) is 4.35. The zero-order chi connectivity index (χ0) is 18.4. The van der Waals surface area contributed by atoms with E-state index in [0.717, 1.165) is 36.5 Å². The minimum absolute atomic E-state index is 0.0392. The molecular weight excluding hydrogens is 332 g/mol. The maximum absolute atomic E-state index is 12.2. The number of hydrogen-bond donors (Lipinski definition) is 0. The number of methoxy groups -OCH3 is 1. The lowest BCUT2D eigenvalue weighted by Crippen LogP contribution is -2.41. The maximum atomic E-state index is 12.2. The molecule has 26 heavy (non-hydrogen) atoms. The van der Waals surface area contributed by atoms with Crippen LogP contribution in [0.5, 0.6) is 5.75 Å². The zero-order valence-corrected chi connectivity index (χ0v) is 15.4. The number of hydrogen-bond acceptors (Lipinski definition) is 5. The Hall–Kier alpha value is -2.34. The van der Waals surface area contributed by atoms with Gasteiger partial charge in [-0.2, -0.15) is 0 Å². The lowest BCUT2D eigenvalue weighted by molar-refractivity contribution is -0.137.